The number of amides is 1. The summed E-state index contributed by atoms with van der Waals surface area (Å²) < 4.78 is 0. The highest BCUT2D eigenvalue weighted by atomic mass is 16.5. The molecule has 2 aromatic heterocycles. The van der Waals surface area contributed by atoms with Crippen molar-refractivity contribution < 1.29 is 15.1 Å². The van der Waals surface area contributed by atoms with Gasteiger partial charge in [-0.25, -0.2) is 15.4 Å². The normalized spacial score (nSPS) is 10.9. The zero-order valence-corrected chi connectivity index (χ0v) is 16.7. The summed E-state index contributed by atoms with van der Waals surface area (Å²) >= 11 is 0. The fourth-order valence-corrected chi connectivity index (χ4v) is 3.51. The summed E-state index contributed by atoms with van der Waals surface area (Å²) in [6, 6.07) is 19.4. The molecule has 0 saturated carbocycles. The second-order valence-electron chi connectivity index (χ2n) is 7.22. The number of nitrogens with two attached hydrogens (primary N) is 1. The molecular weight excluding hydrogens is 392 g/mol. The lowest BCUT2D eigenvalue weighted by Gasteiger charge is -2.10. The Balaban J connectivity index is 1.68. The molecule has 0 atom stereocenters. The van der Waals surface area contributed by atoms with Gasteiger partial charge in [-0.15, -0.1) is 0 Å². The molecular formula is C24H22N4O3. The number of hydrogen-bond donors (Lipinski definition) is 4. The number of benzene rings is 2. The van der Waals surface area contributed by atoms with Gasteiger partial charge in [0.1, 0.15) is 5.82 Å². The standard InChI is InChI=1S/C24H22N4O3/c25-23-13-22-20(14-26-23)19(24(30)28-31)12-21(27-22)18-9-7-17(8-10-18)16-5-3-15(4-6-16)2-1-11-29/h3-10,12-14,29,31H,1-2,11H2,(H2,25,26)(H,28,30). The molecule has 2 aromatic carbocycles. The SMILES string of the molecule is Nc1cc2nc(-c3ccc(-c4ccc(CCCO)cc4)cc3)cc(C(=O)NO)c2cn1. The van der Waals surface area contributed by atoms with Crippen LogP contribution >= 0.6 is 0 Å². The summed E-state index contributed by atoms with van der Waals surface area (Å²) in [4.78, 5) is 20.8. The molecule has 0 bridgehead atoms. The average molecular weight is 414 g/mol. The van der Waals surface area contributed by atoms with Crippen molar-refractivity contribution >= 4 is 22.6 Å². The van der Waals surface area contributed by atoms with Gasteiger partial charge in [-0.3, -0.25) is 10.0 Å². The van der Waals surface area contributed by atoms with Crippen LogP contribution in [0, 0.1) is 0 Å². The Morgan fingerprint density at radius 2 is 1.61 bits per heavy atom. The van der Waals surface area contributed by atoms with Gasteiger partial charge in [0.2, 0.25) is 0 Å². The summed E-state index contributed by atoms with van der Waals surface area (Å²) in [6.07, 6.45) is 3.08. The average Bonchev–Trinajstić information content (AvgIpc) is 2.81. The molecule has 0 radical (unpaired) electrons. The van der Waals surface area contributed by atoms with Crippen molar-refractivity contribution in [2.24, 2.45) is 0 Å². The molecule has 7 nitrogen and oxygen atoms in total. The highest BCUT2D eigenvalue weighted by Gasteiger charge is 2.14. The van der Waals surface area contributed by atoms with Crippen LogP contribution in [0.25, 0.3) is 33.3 Å². The monoisotopic (exact) mass is 414 g/mol. The predicted octanol–water partition coefficient (Wildman–Crippen LogP) is 3.59. The van der Waals surface area contributed by atoms with Crippen LogP contribution in [0.4, 0.5) is 5.82 Å². The summed E-state index contributed by atoms with van der Waals surface area (Å²) in [5.74, 6) is -0.344. The van der Waals surface area contributed by atoms with Crippen LogP contribution < -0.4 is 11.2 Å². The fraction of sp³-hybridized carbons (Fsp3) is 0.125. The molecule has 4 rings (SSSR count). The summed E-state index contributed by atoms with van der Waals surface area (Å²) in [7, 11) is 0. The maximum Gasteiger partial charge on any atom is 0.275 e. The number of pyridine rings is 2. The lowest BCUT2D eigenvalue weighted by molar-refractivity contribution is 0.0708. The van der Waals surface area contributed by atoms with Crippen molar-refractivity contribution in [1.29, 1.82) is 0 Å². The minimum absolute atomic E-state index is 0.191. The largest absolute Gasteiger partial charge is 0.396 e. The first kappa shape index (κ1) is 20.5. The van der Waals surface area contributed by atoms with Crippen molar-refractivity contribution in [2.45, 2.75) is 12.8 Å². The van der Waals surface area contributed by atoms with Crippen LogP contribution in [-0.2, 0) is 6.42 Å². The molecule has 0 unspecified atom stereocenters. The molecule has 0 aliphatic carbocycles. The van der Waals surface area contributed by atoms with E-state index in [0.717, 1.165) is 29.5 Å². The number of rotatable bonds is 6. The Bertz CT molecular complexity index is 1220. The van der Waals surface area contributed by atoms with Gasteiger partial charge in [-0.1, -0.05) is 48.5 Å². The molecule has 4 aromatic rings. The molecule has 1 amide bonds. The van der Waals surface area contributed by atoms with Gasteiger partial charge >= 0.3 is 0 Å². The Kier molecular flexibility index (Phi) is 5.88. The molecule has 0 aliphatic rings. The van der Waals surface area contributed by atoms with Gasteiger partial charge in [-0.2, -0.15) is 0 Å². The van der Waals surface area contributed by atoms with Gasteiger partial charge in [0.05, 0.1) is 16.8 Å². The third-order valence-corrected chi connectivity index (χ3v) is 5.15. The van der Waals surface area contributed by atoms with Gasteiger partial charge < -0.3 is 10.8 Å². The van der Waals surface area contributed by atoms with Crippen LogP contribution in [0.2, 0.25) is 0 Å². The van der Waals surface area contributed by atoms with E-state index in [2.05, 4.69) is 34.2 Å². The summed E-state index contributed by atoms with van der Waals surface area (Å²) in [5.41, 5.74) is 13.0. The van der Waals surface area contributed by atoms with Crippen LogP contribution in [0.3, 0.4) is 0 Å². The van der Waals surface area contributed by atoms with E-state index in [1.165, 1.54) is 11.8 Å². The number of hydroxylamine groups is 1. The number of fused-ring (bicyclic) bond motifs is 1. The third-order valence-electron chi connectivity index (χ3n) is 5.15. The first-order chi connectivity index (χ1) is 15.1. The van der Waals surface area contributed by atoms with E-state index in [-0.39, 0.29) is 12.2 Å². The maximum absolute atomic E-state index is 12.2. The van der Waals surface area contributed by atoms with E-state index in [9.17, 15) is 4.79 Å². The molecule has 156 valence electrons. The number of carbonyl (C=O) groups is 1. The molecule has 0 spiro atoms. The highest BCUT2D eigenvalue weighted by molar-refractivity contribution is 6.06. The lowest BCUT2D eigenvalue weighted by atomic mass is 9.99. The number of anilines is 1. The smallest absolute Gasteiger partial charge is 0.275 e. The lowest BCUT2D eigenvalue weighted by Crippen LogP contribution is -2.19. The Hall–Kier alpha value is -3.81. The topological polar surface area (TPSA) is 121 Å². The minimum atomic E-state index is -0.641. The van der Waals surface area contributed by atoms with Crippen molar-refractivity contribution in [2.75, 3.05) is 12.3 Å². The number of nitrogens with one attached hydrogen (secondary N) is 1. The zero-order chi connectivity index (χ0) is 21.8. The minimum Gasteiger partial charge on any atom is -0.396 e. The first-order valence-electron chi connectivity index (χ1n) is 9.90. The van der Waals surface area contributed by atoms with Gasteiger partial charge in [0, 0.05) is 29.8 Å². The van der Waals surface area contributed by atoms with Crippen LogP contribution in [0.5, 0.6) is 0 Å². The van der Waals surface area contributed by atoms with Crippen molar-refractivity contribution in [3.8, 4) is 22.4 Å². The molecule has 7 heteroatoms. The Labute approximate surface area is 179 Å². The van der Waals surface area contributed by atoms with Crippen LogP contribution in [-0.4, -0.2) is 32.8 Å². The Morgan fingerprint density at radius 3 is 2.26 bits per heavy atom. The van der Waals surface area contributed by atoms with Crippen LogP contribution in [0.15, 0.2) is 66.9 Å². The fourth-order valence-electron chi connectivity index (χ4n) is 3.51. The highest BCUT2D eigenvalue weighted by Crippen LogP contribution is 2.28. The van der Waals surface area contributed by atoms with Crippen molar-refractivity contribution in [3.63, 3.8) is 0 Å². The molecule has 0 fully saturated rings. The van der Waals surface area contributed by atoms with Crippen LogP contribution in [0.1, 0.15) is 22.3 Å². The quantitative estimate of drug-likeness (QED) is 0.283. The number of nitrogens with zero attached hydrogens (tertiary/aromatic N) is 2. The number of nitrogen functional groups attached to an aromatic ring is 1. The third kappa shape index (κ3) is 4.37. The number of aliphatic hydroxyl groups is 1. The first-order valence-corrected chi connectivity index (χ1v) is 9.90. The van der Waals surface area contributed by atoms with E-state index in [1.54, 1.807) is 17.6 Å². The van der Waals surface area contributed by atoms with Crippen molar-refractivity contribution in [3.05, 3.63) is 78.0 Å². The van der Waals surface area contributed by atoms with Crippen molar-refractivity contribution in [1.82, 2.24) is 15.4 Å². The number of aromatic nitrogens is 2. The molecule has 0 saturated heterocycles. The molecule has 5 N–H and O–H groups in total. The van der Waals surface area contributed by atoms with E-state index in [4.69, 9.17) is 16.0 Å². The Morgan fingerprint density at radius 1 is 0.968 bits per heavy atom. The second kappa shape index (κ2) is 8.91. The number of aliphatic hydroxyl groups excluding tert-OH is 1. The maximum atomic E-state index is 12.2. The zero-order valence-electron chi connectivity index (χ0n) is 16.7. The van der Waals surface area contributed by atoms with Gasteiger partial charge in [-0.05, 0) is 35.6 Å². The van der Waals surface area contributed by atoms with E-state index >= 15 is 0 Å². The van der Waals surface area contributed by atoms with Gasteiger partial charge in [0.25, 0.3) is 5.91 Å². The van der Waals surface area contributed by atoms with E-state index in [1.807, 2.05) is 24.3 Å². The van der Waals surface area contributed by atoms with E-state index in [0.29, 0.717) is 22.4 Å². The number of hydrogen-bond acceptors (Lipinski definition) is 6. The number of carbonyl (C=O) groups excluding carboxylic acids is 1. The number of aryl methyl sites for hydroxylation is 1. The summed E-state index contributed by atoms with van der Waals surface area (Å²) in [5, 5.41) is 18.6. The molecule has 31 heavy (non-hydrogen) atoms. The molecule has 0 aliphatic heterocycles. The predicted molar refractivity (Wildman–Crippen MR) is 119 cm³/mol. The summed E-state index contributed by atoms with van der Waals surface area (Å²) in [6.45, 7) is 0.191. The molecule has 2 heterocycles. The second-order valence-corrected chi connectivity index (χ2v) is 7.22. The van der Waals surface area contributed by atoms with E-state index < -0.39 is 5.91 Å². The van der Waals surface area contributed by atoms with Gasteiger partial charge in [0.15, 0.2) is 0 Å².